The average molecular weight is 263 g/mol. The molecule has 0 radical (unpaired) electrons. The molecule has 0 aliphatic heterocycles. The van der Waals surface area contributed by atoms with Gasteiger partial charge in [-0.2, -0.15) is 0 Å². The van der Waals surface area contributed by atoms with Crippen LogP contribution in [0.5, 0.6) is 17.2 Å². The smallest absolute Gasteiger partial charge is 0.164 e. The third-order valence-electron chi connectivity index (χ3n) is 2.78. The average Bonchev–Trinajstić information content (AvgIpc) is 2.46. The van der Waals surface area contributed by atoms with Crippen LogP contribution in [0, 0.1) is 12.3 Å². The van der Waals surface area contributed by atoms with Crippen molar-refractivity contribution in [1.29, 1.82) is 0 Å². The Labute approximate surface area is 115 Å². The van der Waals surface area contributed by atoms with Crippen molar-refractivity contribution in [1.82, 2.24) is 5.32 Å². The summed E-state index contributed by atoms with van der Waals surface area (Å²) in [6.07, 6.45) is 6.96. The highest BCUT2D eigenvalue weighted by molar-refractivity contribution is 5.50. The Morgan fingerprint density at radius 1 is 1.05 bits per heavy atom. The zero-order valence-electron chi connectivity index (χ0n) is 11.8. The lowest BCUT2D eigenvalue weighted by Crippen LogP contribution is -2.15. The molecule has 19 heavy (non-hydrogen) atoms. The zero-order valence-corrected chi connectivity index (χ0v) is 11.8. The van der Waals surface area contributed by atoms with Gasteiger partial charge in [0.25, 0.3) is 0 Å². The summed E-state index contributed by atoms with van der Waals surface area (Å²) in [6, 6.07) is 3.75. The van der Waals surface area contributed by atoms with Gasteiger partial charge in [0.1, 0.15) is 5.75 Å². The molecule has 0 aliphatic carbocycles. The maximum atomic E-state index is 5.36. The number of ether oxygens (including phenoxy) is 3. The van der Waals surface area contributed by atoms with Gasteiger partial charge in [0.05, 0.1) is 21.3 Å². The van der Waals surface area contributed by atoms with E-state index in [2.05, 4.69) is 11.2 Å². The van der Waals surface area contributed by atoms with Crippen LogP contribution in [0.1, 0.15) is 18.4 Å². The van der Waals surface area contributed by atoms with Crippen molar-refractivity contribution in [2.75, 3.05) is 27.9 Å². The molecular formula is C15H21NO3. The lowest BCUT2D eigenvalue weighted by molar-refractivity contribution is 0.347. The van der Waals surface area contributed by atoms with Crippen LogP contribution in [0.25, 0.3) is 0 Å². The SMILES string of the molecule is C#CCCCNCc1cc(OC)c(OC)cc1OC. The van der Waals surface area contributed by atoms with Gasteiger partial charge in [-0.05, 0) is 19.0 Å². The number of unbranched alkanes of at least 4 members (excludes halogenated alkanes) is 1. The first-order chi connectivity index (χ1) is 9.26. The second-order valence-electron chi connectivity index (χ2n) is 4.00. The van der Waals surface area contributed by atoms with Crippen molar-refractivity contribution in [3.63, 3.8) is 0 Å². The number of benzene rings is 1. The van der Waals surface area contributed by atoms with E-state index in [9.17, 15) is 0 Å². The molecule has 0 amide bonds. The number of rotatable bonds is 8. The van der Waals surface area contributed by atoms with E-state index >= 15 is 0 Å². The van der Waals surface area contributed by atoms with Crippen molar-refractivity contribution >= 4 is 0 Å². The van der Waals surface area contributed by atoms with Crippen molar-refractivity contribution in [2.24, 2.45) is 0 Å². The van der Waals surface area contributed by atoms with Crippen molar-refractivity contribution in [3.8, 4) is 29.6 Å². The summed E-state index contributed by atoms with van der Waals surface area (Å²) in [5.41, 5.74) is 1.03. The van der Waals surface area contributed by atoms with E-state index in [0.717, 1.165) is 30.7 Å². The summed E-state index contributed by atoms with van der Waals surface area (Å²) in [4.78, 5) is 0. The first-order valence-corrected chi connectivity index (χ1v) is 6.19. The second-order valence-corrected chi connectivity index (χ2v) is 4.00. The standard InChI is InChI=1S/C15H21NO3/c1-5-6-7-8-16-11-12-9-14(18-3)15(19-4)10-13(12)17-2/h1,9-10,16H,6-8,11H2,2-4H3. The van der Waals surface area contributed by atoms with Crippen LogP contribution in [-0.4, -0.2) is 27.9 Å². The monoisotopic (exact) mass is 263 g/mol. The molecular weight excluding hydrogens is 242 g/mol. The number of methoxy groups -OCH3 is 3. The lowest BCUT2D eigenvalue weighted by Gasteiger charge is -2.14. The molecule has 0 saturated heterocycles. The van der Waals surface area contributed by atoms with E-state index in [1.54, 1.807) is 21.3 Å². The van der Waals surface area contributed by atoms with Crippen LogP contribution < -0.4 is 19.5 Å². The molecule has 0 unspecified atom stereocenters. The van der Waals surface area contributed by atoms with Crippen LogP contribution in [0.3, 0.4) is 0 Å². The predicted molar refractivity (Wildman–Crippen MR) is 75.9 cm³/mol. The van der Waals surface area contributed by atoms with Crippen molar-refractivity contribution < 1.29 is 14.2 Å². The molecule has 0 aromatic heterocycles. The van der Waals surface area contributed by atoms with Gasteiger partial charge in [-0.15, -0.1) is 12.3 Å². The Morgan fingerprint density at radius 2 is 1.68 bits per heavy atom. The highest BCUT2D eigenvalue weighted by Gasteiger charge is 2.11. The van der Waals surface area contributed by atoms with E-state index in [1.807, 2.05) is 12.1 Å². The Kier molecular flexibility index (Phi) is 6.62. The fourth-order valence-electron chi connectivity index (χ4n) is 1.77. The maximum Gasteiger partial charge on any atom is 0.164 e. The molecule has 1 aromatic carbocycles. The minimum absolute atomic E-state index is 0.662. The minimum Gasteiger partial charge on any atom is -0.496 e. The summed E-state index contributed by atoms with van der Waals surface area (Å²) in [5.74, 6) is 4.76. The molecule has 0 atom stereocenters. The van der Waals surface area contributed by atoms with Crippen molar-refractivity contribution in [2.45, 2.75) is 19.4 Å². The Morgan fingerprint density at radius 3 is 2.26 bits per heavy atom. The minimum atomic E-state index is 0.662. The van der Waals surface area contributed by atoms with Gasteiger partial charge in [-0.3, -0.25) is 0 Å². The summed E-state index contributed by atoms with van der Waals surface area (Å²) < 4.78 is 15.9. The van der Waals surface area contributed by atoms with Crippen LogP contribution >= 0.6 is 0 Å². The summed E-state index contributed by atoms with van der Waals surface area (Å²) in [7, 11) is 4.87. The van der Waals surface area contributed by atoms with Gasteiger partial charge in [0.2, 0.25) is 0 Å². The molecule has 4 heteroatoms. The van der Waals surface area contributed by atoms with Crippen molar-refractivity contribution in [3.05, 3.63) is 17.7 Å². The molecule has 1 aromatic rings. The van der Waals surface area contributed by atoms with E-state index in [-0.39, 0.29) is 0 Å². The normalized spacial score (nSPS) is 9.79. The fourth-order valence-corrected chi connectivity index (χ4v) is 1.77. The quantitative estimate of drug-likeness (QED) is 0.576. The first-order valence-electron chi connectivity index (χ1n) is 6.19. The molecule has 0 saturated carbocycles. The zero-order chi connectivity index (χ0) is 14.1. The fraction of sp³-hybridized carbons (Fsp3) is 0.467. The Hall–Kier alpha value is -1.86. The van der Waals surface area contributed by atoms with E-state index in [1.165, 1.54) is 0 Å². The molecule has 1 rings (SSSR count). The molecule has 104 valence electrons. The molecule has 0 bridgehead atoms. The third kappa shape index (κ3) is 4.38. The molecule has 1 N–H and O–H groups in total. The number of terminal acetylenes is 1. The van der Waals surface area contributed by atoms with Crippen LogP contribution in [-0.2, 0) is 6.54 Å². The summed E-state index contributed by atoms with van der Waals surface area (Å²) in [5, 5.41) is 3.33. The highest BCUT2D eigenvalue weighted by atomic mass is 16.5. The molecule has 4 nitrogen and oxygen atoms in total. The van der Waals surface area contributed by atoms with Crippen LogP contribution in [0.2, 0.25) is 0 Å². The van der Waals surface area contributed by atoms with E-state index in [4.69, 9.17) is 20.6 Å². The number of hydrogen-bond donors (Lipinski definition) is 1. The van der Waals surface area contributed by atoms with Gasteiger partial charge >= 0.3 is 0 Å². The summed E-state index contributed by atoms with van der Waals surface area (Å²) in [6.45, 7) is 1.58. The largest absolute Gasteiger partial charge is 0.496 e. The molecule has 0 spiro atoms. The third-order valence-corrected chi connectivity index (χ3v) is 2.78. The first kappa shape index (κ1) is 15.2. The van der Waals surface area contributed by atoms with E-state index < -0.39 is 0 Å². The number of nitrogens with one attached hydrogen (secondary N) is 1. The maximum absolute atomic E-state index is 5.36. The highest BCUT2D eigenvalue weighted by Crippen LogP contribution is 2.34. The number of hydrogen-bond acceptors (Lipinski definition) is 4. The predicted octanol–water partition coefficient (Wildman–Crippen LogP) is 2.22. The molecule has 0 fully saturated rings. The van der Waals surface area contributed by atoms with Gasteiger partial charge in [0, 0.05) is 24.6 Å². The van der Waals surface area contributed by atoms with Crippen LogP contribution in [0.4, 0.5) is 0 Å². The lowest BCUT2D eigenvalue weighted by atomic mass is 10.1. The Bertz CT molecular complexity index is 438. The summed E-state index contributed by atoms with van der Waals surface area (Å²) >= 11 is 0. The topological polar surface area (TPSA) is 39.7 Å². The van der Waals surface area contributed by atoms with Crippen LogP contribution in [0.15, 0.2) is 12.1 Å². The molecule has 0 heterocycles. The van der Waals surface area contributed by atoms with Gasteiger partial charge in [0.15, 0.2) is 11.5 Å². The van der Waals surface area contributed by atoms with Gasteiger partial charge in [-0.25, -0.2) is 0 Å². The van der Waals surface area contributed by atoms with Gasteiger partial charge in [-0.1, -0.05) is 0 Å². The second kappa shape index (κ2) is 8.28. The molecule has 0 aliphatic rings. The van der Waals surface area contributed by atoms with Gasteiger partial charge < -0.3 is 19.5 Å². The van der Waals surface area contributed by atoms with E-state index in [0.29, 0.717) is 18.0 Å². The Balaban J connectivity index is 2.73.